The van der Waals surface area contributed by atoms with E-state index >= 15 is 0 Å². The third-order valence-corrected chi connectivity index (χ3v) is 2.08. The van der Waals surface area contributed by atoms with E-state index in [-0.39, 0.29) is 5.69 Å². The van der Waals surface area contributed by atoms with E-state index < -0.39 is 16.9 Å². The van der Waals surface area contributed by atoms with Crippen molar-refractivity contribution < 1.29 is 13.6 Å². The number of halogens is 3. The Bertz CT molecular complexity index is 482. The van der Waals surface area contributed by atoms with Gasteiger partial charge in [0.15, 0.2) is 11.6 Å². The standard InChI is InChI=1S/C9H4ClF2NO/c10-9(14)8-2-4-1-5(11)6(12)3-7(4)13-8/h1-3,13H. The van der Waals surface area contributed by atoms with Crippen LogP contribution in [-0.2, 0) is 0 Å². The number of rotatable bonds is 1. The molecule has 0 atom stereocenters. The van der Waals surface area contributed by atoms with Gasteiger partial charge in [0.05, 0.1) is 5.69 Å². The van der Waals surface area contributed by atoms with Crippen LogP contribution in [0.4, 0.5) is 8.78 Å². The van der Waals surface area contributed by atoms with Gasteiger partial charge in [0, 0.05) is 17.0 Å². The molecule has 5 heteroatoms. The van der Waals surface area contributed by atoms with Gasteiger partial charge >= 0.3 is 0 Å². The number of carbonyl (C=O) groups excluding carboxylic acids is 1. The fourth-order valence-corrected chi connectivity index (χ4v) is 1.33. The number of nitrogens with one attached hydrogen (secondary N) is 1. The van der Waals surface area contributed by atoms with Gasteiger partial charge in [0.2, 0.25) is 0 Å². The first-order valence-electron chi connectivity index (χ1n) is 3.75. The molecule has 1 aromatic carbocycles. The van der Waals surface area contributed by atoms with E-state index in [1.54, 1.807) is 0 Å². The first kappa shape index (κ1) is 9.15. The zero-order chi connectivity index (χ0) is 10.3. The minimum Gasteiger partial charge on any atom is -0.351 e. The zero-order valence-corrected chi connectivity index (χ0v) is 7.53. The van der Waals surface area contributed by atoms with Gasteiger partial charge in [-0.25, -0.2) is 8.78 Å². The second-order valence-corrected chi connectivity index (χ2v) is 3.15. The molecule has 1 N–H and O–H groups in total. The highest BCUT2D eigenvalue weighted by Gasteiger charge is 2.09. The summed E-state index contributed by atoms with van der Waals surface area (Å²) in [6.45, 7) is 0. The molecule has 0 aliphatic heterocycles. The molecule has 2 rings (SSSR count). The summed E-state index contributed by atoms with van der Waals surface area (Å²) in [5.74, 6) is -1.92. The van der Waals surface area contributed by atoms with Crippen LogP contribution >= 0.6 is 11.6 Å². The number of fused-ring (bicyclic) bond motifs is 1. The van der Waals surface area contributed by atoms with Crippen LogP contribution in [0, 0.1) is 11.6 Å². The van der Waals surface area contributed by atoms with Gasteiger partial charge in [0.25, 0.3) is 5.24 Å². The Balaban J connectivity index is 2.72. The smallest absolute Gasteiger partial charge is 0.268 e. The van der Waals surface area contributed by atoms with Crippen molar-refractivity contribution in [1.82, 2.24) is 4.98 Å². The van der Waals surface area contributed by atoms with Crippen LogP contribution in [0.25, 0.3) is 10.9 Å². The molecule has 0 unspecified atom stereocenters. The number of hydrogen-bond donors (Lipinski definition) is 1. The number of H-pyrrole nitrogens is 1. The summed E-state index contributed by atoms with van der Waals surface area (Å²) < 4.78 is 25.5. The van der Waals surface area contributed by atoms with Crippen molar-refractivity contribution in [2.45, 2.75) is 0 Å². The monoisotopic (exact) mass is 215 g/mol. The van der Waals surface area contributed by atoms with Crippen LogP contribution in [-0.4, -0.2) is 10.2 Å². The molecule has 0 amide bonds. The third kappa shape index (κ3) is 1.37. The highest BCUT2D eigenvalue weighted by molar-refractivity contribution is 6.67. The van der Waals surface area contributed by atoms with Crippen LogP contribution in [0.5, 0.6) is 0 Å². The van der Waals surface area contributed by atoms with Crippen molar-refractivity contribution in [3.8, 4) is 0 Å². The fraction of sp³-hybridized carbons (Fsp3) is 0. The van der Waals surface area contributed by atoms with Crippen molar-refractivity contribution in [1.29, 1.82) is 0 Å². The second-order valence-electron chi connectivity index (χ2n) is 2.81. The maximum atomic E-state index is 12.8. The quantitative estimate of drug-likeness (QED) is 0.729. The summed E-state index contributed by atoms with van der Waals surface area (Å²) in [5, 5.41) is -0.282. The average Bonchev–Trinajstić information content (AvgIpc) is 2.48. The van der Waals surface area contributed by atoms with Crippen molar-refractivity contribution in [3.05, 3.63) is 35.5 Å². The molecule has 2 nitrogen and oxygen atoms in total. The molecule has 1 aromatic heterocycles. The lowest BCUT2D eigenvalue weighted by Crippen LogP contribution is -1.86. The molecular formula is C9H4ClF2NO. The molecule has 72 valence electrons. The summed E-state index contributed by atoms with van der Waals surface area (Å²) in [7, 11) is 0. The minimum atomic E-state index is -0.965. The first-order valence-corrected chi connectivity index (χ1v) is 4.13. The second kappa shape index (κ2) is 3.06. The predicted molar refractivity (Wildman–Crippen MR) is 48.4 cm³/mol. The summed E-state index contributed by atoms with van der Waals surface area (Å²) in [4.78, 5) is 13.3. The lowest BCUT2D eigenvalue weighted by atomic mass is 10.2. The summed E-state index contributed by atoms with van der Waals surface area (Å²) in [6.07, 6.45) is 0. The van der Waals surface area contributed by atoms with Crippen molar-refractivity contribution in [2.24, 2.45) is 0 Å². The van der Waals surface area contributed by atoms with Crippen molar-refractivity contribution in [2.75, 3.05) is 0 Å². The Morgan fingerprint density at radius 1 is 1.21 bits per heavy atom. The van der Waals surface area contributed by atoms with Crippen molar-refractivity contribution >= 4 is 27.7 Å². The molecule has 1 heterocycles. The van der Waals surface area contributed by atoms with Gasteiger partial charge in [-0.05, 0) is 23.7 Å². The maximum Gasteiger partial charge on any atom is 0.268 e. The van der Waals surface area contributed by atoms with Gasteiger partial charge < -0.3 is 4.98 Å². The van der Waals surface area contributed by atoms with E-state index in [9.17, 15) is 13.6 Å². The predicted octanol–water partition coefficient (Wildman–Crippen LogP) is 2.83. The number of benzene rings is 1. The van der Waals surface area contributed by atoms with Gasteiger partial charge in [-0.3, -0.25) is 4.79 Å². The van der Waals surface area contributed by atoms with Gasteiger partial charge in [0.1, 0.15) is 0 Å². The molecule has 0 aliphatic carbocycles. The maximum absolute atomic E-state index is 12.8. The molecule has 0 spiro atoms. The van der Waals surface area contributed by atoms with E-state index in [0.717, 1.165) is 12.1 Å². The molecule has 0 saturated heterocycles. The summed E-state index contributed by atoms with van der Waals surface area (Å²) in [5.41, 5.74) is 0.458. The molecule has 0 radical (unpaired) electrons. The van der Waals surface area contributed by atoms with Gasteiger partial charge in [-0.15, -0.1) is 0 Å². The normalized spacial score (nSPS) is 10.8. The van der Waals surface area contributed by atoms with E-state index in [4.69, 9.17) is 11.6 Å². The topological polar surface area (TPSA) is 32.9 Å². The number of aromatic nitrogens is 1. The van der Waals surface area contributed by atoms with Gasteiger partial charge in [-0.2, -0.15) is 0 Å². The van der Waals surface area contributed by atoms with Gasteiger partial charge in [-0.1, -0.05) is 0 Å². The van der Waals surface area contributed by atoms with E-state index in [0.29, 0.717) is 10.9 Å². The average molecular weight is 216 g/mol. The minimum absolute atomic E-state index is 0.117. The number of carbonyl (C=O) groups is 1. The van der Waals surface area contributed by atoms with E-state index in [2.05, 4.69) is 4.98 Å². The Labute approximate surface area is 82.5 Å². The Morgan fingerprint density at radius 2 is 1.86 bits per heavy atom. The largest absolute Gasteiger partial charge is 0.351 e. The Hall–Kier alpha value is -1.42. The molecule has 0 fully saturated rings. The first-order chi connectivity index (χ1) is 6.58. The van der Waals surface area contributed by atoms with Crippen LogP contribution < -0.4 is 0 Å². The molecule has 0 bridgehead atoms. The lowest BCUT2D eigenvalue weighted by molar-refractivity contribution is 0.107. The zero-order valence-electron chi connectivity index (χ0n) is 6.77. The number of hydrogen-bond acceptors (Lipinski definition) is 1. The highest BCUT2D eigenvalue weighted by Crippen LogP contribution is 2.19. The third-order valence-electron chi connectivity index (χ3n) is 1.87. The summed E-state index contributed by atoms with van der Waals surface area (Å²) in [6, 6.07) is 3.35. The van der Waals surface area contributed by atoms with E-state index in [1.165, 1.54) is 6.07 Å². The van der Waals surface area contributed by atoms with Crippen molar-refractivity contribution in [3.63, 3.8) is 0 Å². The molecule has 0 aliphatic rings. The molecule has 14 heavy (non-hydrogen) atoms. The summed E-state index contributed by atoms with van der Waals surface area (Å²) >= 11 is 5.20. The number of aromatic amines is 1. The van der Waals surface area contributed by atoms with Crippen LogP contribution in [0.2, 0.25) is 0 Å². The van der Waals surface area contributed by atoms with Crippen LogP contribution in [0.3, 0.4) is 0 Å². The van der Waals surface area contributed by atoms with Crippen LogP contribution in [0.15, 0.2) is 18.2 Å². The molecule has 0 saturated carbocycles. The highest BCUT2D eigenvalue weighted by atomic mass is 35.5. The Kier molecular flexibility index (Phi) is 2.00. The molecular weight excluding hydrogens is 212 g/mol. The van der Waals surface area contributed by atoms with Crippen LogP contribution in [0.1, 0.15) is 10.5 Å². The Morgan fingerprint density at radius 3 is 2.50 bits per heavy atom. The fourth-order valence-electron chi connectivity index (χ4n) is 1.23. The molecule has 2 aromatic rings. The van der Waals surface area contributed by atoms with E-state index in [1.807, 2.05) is 0 Å². The SMILES string of the molecule is O=C(Cl)c1cc2cc(F)c(F)cc2[nH]1. The lowest BCUT2D eigenvalue weighted by Gasteiger charge is -1.91.